The lowest BCUT2D eigenvalue weighted by atomic mass is 9.85. The summed E-state index contributed by atoms with van der Waals surface area (Å²) in [6.45, 7) is 10.6. The molecule has 20 heavy (non-hydrogen) atoms. The van der Waals surface area contributed by atoms with Crippen LogP contribution >= 0.6 is 0 Å². The van der Waals surface area contributed by atoms with E-state index in [9.17, 15) is 0 Å². The van der Waals surface area contributed by atoms with Crippen LogP contribution in [0.5, 0.6) is 0 Å². The van der Waals surface area contributed by atoms with Gasteiger partial charge in [0.15, 0.2) is 0 Å². The van der Waals surface area contributed by atoms with E-state index < -0.39 is 0 Å². The van der Waals surface area contributed by atoms with Crippen molar-refractivity contribution in [3.63, 3.8) is 0 Å². The highest BCUT2D eigenvalue weighted by Crippen LogP contribution is 2.30. The summed E-state index contributed by atoms with van der Waals surface area (Å²) in [5, 5.41) is 3.48. The molecule has 1 aliphatic rings. The molecule has 1 aromatic rings. The van der Waals surface area contributed by atoms with Crippen LogP contribution < -0.4 is 5.32 Å². The van der Waals surface area contributed by atoms with Crippen LogP contribution in [0.3, 0.4) is 0 Å². The minimum absolute atomic E-state index is 0.441. The molecule has 0 saturated carbocycles. The highest BCUT2D eigenvalue weighted by Gasteiger charge is 2.24. The van der Waals surface area contributed by atoms with E-state index in [1.165, 1.54) is 43.5 Å². The summed E-state index contributed by atoms with van der Waals surface area (Å²) in [7, 11) is 2.08. The maximum Gasteiger partial charge on any atom is 0.0446 e. The van der Waals surface area contributed by atoms with Gasteiger partial charge in [-0.05, 0) is 57.3 Å². The van der Waals surface area contributed by atoms with Crippen molar-refractivity contribution >= 4 is 0 Å². The Morgan fingerprint density at radius 3 is 2.50 bits per heavy atom. The van der Waals surface area contributed by atoms with Gasteiger partial charge in [-0.15, -0.1) is 0 Å². The van der Waals surface area contributed by atoms with E-state index in [1.54, 1.807) is 0 Å². The molecule has 1 fully saturated rings. The van der Waals surface area contributed by atoms with Gasteiger partial charge in [-0.2, -0.15) is 0 Å². The number of nitrogens with zero attached hydrogens (tertiary/aromatic N) is 1. The first-order valence-corrected chi connectivity index (χ1v) is 7.96. The van der Waals surface area contributed by atoms with Crippen LogP contribution in [0, 0.1) is 12.3 Å². The summed E-state index contributed by atoms with van der Waals surface area (Å²) >= 11 is 0. The third-order valence-electron chi connectivity index (χ3n) is 4.70. The highest BCUT2D eigenvalue weighted by molar-refractivity contribution is 5.24. The number of likely N-dealkylation sites (N-methyl/N-ethyl adjacent to an activating group) is 1. The molecule has 112 valence electrons. The number of benzene rings is 1. The zero-order valence-electron chi connectivity index (χ0n) is 13.6. The van der Waals surface area contributed by atoms with Gasteiger partial charge in [0.25, 0.3) is 0 Å². The Hall–Kier alpha value is -0.860. The average molecular weight is 274 g/mol. The van der Waals surface area contributed by atoms with Crippen molar-refractivity contribution in [1.29, 1.82) is 0 Å². The molecule has 2 nitrogen and oxygen atoms in total. The fraction of sp³-hybridized carbons (Fsp3) is 0.667. The average Bonchev–Trinajstić information content (AvgIpc) is 2.58. The van der Waals surface area contributed by atoms with Gasteiger partial charge in [-0.25, -0.2) is 0 Å². The quantitative estimate of drug-likeness (QED) is 0.899. The van der Waals surface area contributed by atoms with Crippen molar-refractivity contribution in [3.05, 3.63) is 35.4 Å². The van der Waals surface area contributed by atoms with E-state index in [0.29, 0.717) is 11.5 Å². The lowest BCUT2D eigenvalue weighted by Crippen LogP contribution is -2.34. The lowest BCUT2D eigenvalue weighted by Gasteiger charge is -2.27. The molecule has 0 spiro atoms. The third kappa shape index (κ3) is 4.32. The standard InChI is InChI=1S/C18H30N2/c1-15-6-8-16(9-7-15)17(19-4)14-20-12-5-10-18(2,3)11-13-20/h6-9,17,19H,5,10-14H2,1-4H3. The topological polar surface area (TPSA) is 15.3 Å². The molecule has 1 atom stereocenters. The van der Waals surface area contributed by atoms with Gasteiger partial charge in [0.2, 0.25) is 0 Å². The number of nitrogens with one attached hydrogen (secondary N) is 1. The molecule has 0 aliphatic carbocycles. The summed E-state index contributed by atoms with van der Waals surface area (Å²) < 4.78 is 0. The second-order valence-electron chi connectivity index (χ2n) is 7.07. The molecule has 0 aromatic heterocycles. The number of likely N-dealkylation sites (tertiary alicyclic amines) is 1. The van der Waals surface area contributed by atoms with Crippen molar-refractivity contribution in [3.8, 4) is 0 Å². The Morgan fingerprint density at radius 2 is 1.85 bits per heavy atom. The Labute approximate surface area is 124 Å². The fourth-order valence-corrected chi connectivity index (χ4v) is 3.08. The highest BCUT2D eigenvalue weighted by atomic mass is 15.1. The van der Waals surface area contributed by atoms with Crippen molar-refractivity contribution in [1.82, 2.24) is 10.2 Å². The third-order valence-corrected chi connectivity index (χ3v) is 4.70. The first kappa shape index (κ1) is 15.5. The predicted molar refractivity (Wildman–Crippen MR) is 87.1 cm³/mol. The first-order chi connectivity index (χ1) is 9.50. The molecular weight excluding hydrogens is 244 g/mol. The zero-order chi connectivity index (χ0) is 14.6. The predicted octanol–water partition coefficient (Wildman–Crippen LogP) is 3.77. The monoisotopic (exact) mass is 274 g/mol. The molecule has 0 radical (unpaired) electrons. The van der Waals surface area contributed by atoms with Gasteiger partial charge in [-0.1, -0.05) is 43.7 Å². The Bertz CT molecular complexity index is 408. The van der Waals surface area contributed by atoms with Crippen molar-refractivity contribution in [2.75, 3.05) is 26.7 Å². The second-order valence-corrected chi connectivity index (χ2v) is 7.07. The second kappa shape index (κ2) is 6.73. The van der Waals surface area contributed by atoms with Gasteiger partial charge in [0.05, 0.1) is 0 Å². The molecule has 1 unspecified atom stereocenters. The van der Waals surface area contributed by atoms with E-state index in [-0.39, 0.29) is 0 Å². The van der Waals surface area contributed by atoms with E-state index in [4.69, 9.17) is 0 Å². The summed E-state index contributed by atoms with van der Waals surface area (Å²) in [5.74, 6) is 0. The molecule has 1 heterocycles. The van der Waals surface area contributed by atoms with Crippen LogP contribution in [0.15, 0.2) is 24.3 Å². The molecule has 1 N–H and O–H groups in total. The summed E-state index contributed by atoms with van der Waals surface area (Å²) in [6, 6.07) is 9.39. The van der Waals surface area contributed by atoms with Gasteiger partial charge in [0, 0.05) is 12.6 Å². The minimum atomic E-state index is 0.441. The van der Waals surface area contributed by atoms with E-state index in [2.05, 4.69) is 62.3 Å². The SMILES string of the molecule is CNC(CN1CCCC(C)(C)CC1)c1ccc(C)cc1. The largest absolute Gasteiger partial charge is 0.312 e. The normalized spacial score (nSPS) is 21.4. The van der Waals surface area contributed by atoms with E-state index in [1.807, 2.05) is 0 Å². The zero-order valence-corrected chi connectivity index (χ0v) is 13.6. The van der Waals surface area contributed by atoms with Crippen LogP contribution in [-0.2, 0) is 0 Å². The van der Waals surface area contributed by atoms with Crippen molar-refractivity contribution in [2.45, 2.75) is 46.1 Å². The van der Waals surface area contributed by atoms with Crippen LogP contribution in [0.2, 0.25) is 0 Å². The number of hydrogen-bond acceptors (Lipinski definition) is 2. The Balaban J connectivity index is 1.97. The number of rotatable bonds is 4. The summed E-state index contributed by atoms with van der Waals surface area (Å²) in [4.78, 5) is 2.63. The minimum Gasteiger partial charge on any atom is -0.312 e. The van der Waals surface area contributed by atoms with E-state index >= 15 is 0 Å². The van der Waals surface area contributed by atoms with Crippen LogP contribution in [0.4, 0.5) is 0 Å². The fourth-order valence-electron chi connectivity index (χ4n) is 3.08. The molecule has 1 aliphatic heterocycles. The van der Waals surface area contributed by atoms with Gasteiger partial charge in [-0.3, -0.25) is 0 Å². The Kier molecular flexibility index (Phi) is 5.22. The molecule has 1 saturated heterocycles. The lowest BCUT2D eigenvalue weighted by molar-refractivity contribution is 0.240. The van der Waals surface area contributed by atoms with Crippen molar-refractivity contribution in [2.24, 2.45) is 5.41 Å². The summed E-state index contributed by atoms with van der Waals surface area (Å²) in [5.41, 5.74) is 3.26. The molecule has 2 heteroatoms. The van der Waals surface area contributed by atoms with Crippen LogP contribution in [-0.4, -0.2) is 31.6 Å². The molecular formula is C18H30N2. The van der Waals surface area contributed by atoms with Gasteiger partial charge >= 0.3 is 0 Å². The molecule has 2 rings (SSSR count). The van der Waals surface area contributed by atoms with Crippen LogP contribution in [0.25, 0.3) is 0 Å². The number of aryl methyl sites for hydroxylation is 1. The van der Waals surface area contributed by atoms with Gasteiger partial charge < -0.3 is 10.2 Å². The van der Waals surface area contributed by atoms with Gasteiger partial charge in [0.1, 0.15) is 0 Å². The number of hydrogen-bond donors (Lipinski definition) is 1. The van der Waals surface area contributed by atoms with E-state index in [0.717, 1.165) is 6.54 Å². The smallest absolute Gasteiger partial charge is 0.0446 e. The Morgan fingerprint density at radius 1 is 1.15 bits per heavy atom. The molecule has 1 aromatic carbocycles. The van der Waals surface area contributed by atoms with Crippen LogP contribution in [0.1, 0.15) is 50.3 Å². The maximum absolute atomic E-state index is 3.48. The molecule has 0 amide bonds. The van der Waals surface area contributed by atoms with Crippen molar-refractivity contribution < 1.29 is 0 Å². The maximum atomic E-state index is 3.48. The summed E-state index contributed by atoms with van der Waals surface area (Å²) in [6.07, 6.45) is 4.01. The first-order valence-electron chi connectivity index (χ1n) is 7.96. The molecule has 0 bridgehead atoms.